The maximum absolute atomic E-state index is 14.4. The molecule has 9 heteroatoms. The Kier molecular flexibility index (Phi) is 6.06. The highest BCUT2D eigenvalue weighted by atomic mass is 35.5. The summed E-state index contributed by atoms with van der Waals surface area (Å²) in [5.41, 5.74) is 0.609. The molecule has 0 radical (unpaired) electrons. The second-order valence-corrected chi connectivity index (χ2v) is 7.46. The number of halogens is 3. The number of nitrogens with zero attached hydrogens (tertiary/aromatic N) is 3. The number of anilines is 1. The molecule has 1 aromatic carbocycles. The molecule has 4 rings (SSSR count). The van der Waals surface area contributed by atoms with Gasteiger partial charge in [0.05, 0.1) is 17.8 Å². The molecular formula is C21H19ClF2N4O2. The van der Waals surface area contributed by atoms with Crippen molar-refractivity contribution in [3.8, 4) is 11.3 Å². The van der Waals surface area contributed by atoms with Crippen LogP contribution in [0, 0.1) is 11.6 Å². The molecule has 0 spiro atoms. The third-order valence-corrected chi connectivity index (χ3v) is 5.21. The van der Waals surface area contributed by atoms with Gasteiger partial charge in [0.1, 0.15) is 11.5 Å². The summed E-state index contributed by atoms with van der Waals surface area (Å²) in [6.45, 7) is 1.47. The third kappa shape index (κ3) is 4.66. The molecule has 3 heterocycles. The van der Waals surface area contributed by atoms with Crippen LogP contribution in [0.4, 0.5) is 14.7 Å². The van der Waals surface area contributed by atoms with Crippen molar-refractivity contribution in [2.75, 3.05) is 18.5 Å². The zero-order chi connectivity index (χ0) is 21.1. The first kappa shape index (κ1) is 20.4. The Bertz CT molecular complexity index is 1120. The van der Waals surface area contributed by atoms with Crippen molar-refractivity contribution in [1.82, 2.24) is 14.5 Å². The van der Waals surface area contributed by atoms with Gasteiger partial charge in [0.15, 0.2) is 5.82 Å². The van der Waals surface area contributed by atoms with E-state index in [0.29, 0.717) is 30.3 Å². The summed E-state index contributed by atoms with van der Waals surface area (Å²) >= 11 is 5.69. The lowest BCUT2D eigenvalue weighted by Crippen LogP contribution is -2.28. The van der Waals surface area contributed by atoms with Crippen molar-refractivity contribution in [3.05, 3.63) is 75.3 Å². The molecule has 0 amide bonds. The average molecular weight is 433 g/mol. The number of pyridine rings is 1. The molecule has 0 bridgehead atoms. The molecule has 156 valence electrons. The Morgan fingerprint density at radius 3 is 2.70 bits per heavy atom. The molecule has 3 aromatic rings. The highest BCUT2D eigenvalue weighted by Crippen LogP contribution is 2.21. The summed E-state index contributed by atoms with van der Waals surface area (Å²) in [6, 6.07) is 7.41. The monoisotopic (exact) mass is 432 g/mol. The number of rotatable bonds is 5. The molecule has 2 aromatic heterocycles. The molecule has 1 aliphatic rings. The molecule has 1 aliphatic heterocycles. The van der Waals surface area contributed by atoms with E-state index in [4.69, 9.17) is 16.3 Å². The third-order valence-electron chi connectivity index (χ3n) is 4.91. The highest BCUT2D eigenvalue weighted by Gasteiger charge is 2.17. The van der Waals surface area contributed by atoms with Gasteiger partial charge in [-0.25, -0.2) is 18.7 Å². The first-order valence-corrected chi connectivity index (χ1v) is 9.89. The van der Waals surface area contributed by atoms with Gasteiger partial charge in [0, 0.05) is 37.1 Å². The van der Waals surface area contributed by atoms with Gasteiger partial charge in [-0.3, -0.25) is 4.79 Å². The van der Waals surface area contributed by atoms with Crippen molar-refractivity contribution < 1.29 is 13.5 Å². The molecular weight excluding hydrogens is 414 g/mol. The normalized spacial score (nSPS) is 14.6. The lowest BCUT2D eigenvalue weighted by Gasteiger charge is -2.23. The van der Waals surface area contributed by atoms with Crippen LogP contribution in [-0.4, -0.2) is 33.8 Å². The van der Waals surface area contributed by atoms with Crippen LogP contribution < -0.4 is 10.9 Å². The van der Waals surface area contributed by atoms with Gasteiger partial charge in [-0.05, 0) is 36.6 Å². The Hall–Kier alpha value is -2.84. The maximum Gasteiger partial charge on any atom is 0.251 e. The molecule has 6 nitrogen and oxygen atoms in total. The summed E-state index contributed by atoms with van der Waals surface area (Å²) in [6.07, 6.45) is 4.25. The number of hydrogen-bond donors (Lipinski definition) is 1. The van der Waals surface area contributed by atoms with E-state index in [1.165, 1.54) is 29.0 Å². The van der Waals surface area contributed by atoms with E-state index in [1.54, 1.807) is 12.1 Å². The topological polar surface area (TPSA) is 69.0 Å². The second-order valence-electron chi connectivity index (χ2n) is 7.05. The van der Waals surface area contributed by atoms with Gasteiger partial charge in [-0.15, -0.1) is 0 Å². The predicted octanol–water partition coefficient (Wildman–Crippen LogP) is 3.88. The Morgan fingerprint density at radius 1 is 1.17 bits per heavy atom. The molecule has 1 saturated heterocycles. The minimum Gasteiger partial charge on any atom is -0.381 e. The van der Waals surface area contributed by atoms with Crippen LogP contribution >= 0.6 is 11.6 Å². The number of ether oxygens (including phenoxy) is 1. The lowest BCUT2D eigenvalue weighted by molar-refractivity contribution is 0.0903. The van der Waals surface area contributed by atoms with Gasteiger partial charge < -0.3 is 14.6 Å². The first-order valence-electron chi connectivity index (χ1n) is 9.51. The van der Waals surface area contributed by atoms with Crippen molar-refractivity contribution in [2.45, 2.75) is 25.4 Å². The molecule has 0 aliphatic carbocycles. The molecule has 0 saturated carbocycles. The van der Waals surface area contributed by atoms with Crippen LogP contribution in [0.1, 0.15) is 18.4 Å². The summed E-state index contributed by atoms with van der Waals surface area (Å²) in [5.74, 6) is -0.866. The average Bonchev–Trinajstić information content (AvgIpc) is 2.74. The van der Waals surface area contributed by atoms with E-state index in [2.05, 4.69) is 15.3 Å². The molecule has 0 atom stereocenters. The minimum atomic E-state index is -0.621. The fourth-order valence-electron chi connectivity index (χ4n) is 3.28. The lowest BCUT2D eigenvalue weighted by atomic mass is 10.1. The van der Waals surface area contributed by atoms with Crippen LogP contribution in [0.2, 0.25) is 5.02 Å². The van der Waals surface area contributed by atoms with Gasteiger partial charge >= 0.3 is 0 Å². The number of aromatic nitrogens is 3. The Balaban J connectivity index is 1.56. The summed E-state index contributed by atoms with van der Waals surface area (Å²) < 4.78 is 34.7. The second kappa shape index (κ2) is 8.89. The zero-order valence-electron chi connectivity index (χ0n) is 15.9. The van der Waals surface area contributed by atoms with Gasteiger partial charge in [-0.2, -0.15) is 0 Å². The summed E-state index contributed by atoms with van der Waals surface area (Å²) in [7, 11) is 0. The number of benzene rings is 1. The Morgan fingerprint density at radius 2 is 1.97 bits per heavy atom. The fourth-order valence-corrected chi connectivity index (χ4v) is 3.40. The first-order chi connectivity index (χ1) is 14.5. The predicted molar refractivity (Wildman–Crippen MR) is 110 cm³/mol. The summed E-state index contributed by atoms with van der Waals surface area (Å²) in [5, 5.41) is 3.21. The maximum atomic E-state index is 14.4. The highest BCUT2D eigenvalue weighted by molar-refractivity contribution is 6.30. The van der Waals surface area contributed by atoms with E-state index in [9.17, 15) is 13.6 Å². The smallest absolute Gasteiger partial charge is 0.251 e. The largest absolute Gasteiger partial charge is 0.381 e. The Labute approximate surface area is 176 Å². The van der Waals surface area contributed by atoms with E-state index in [1.807, 2.05) is 0 Å². The molecule has 1 fully saturated rings. The van der Waals surface area contributed by atoms with Crippen LogP contribution in [0.3, 0.4) is 0 Å². The summed E-state index contributed by atoms with van der Waals surface area (Å²) in [4.78, 5) is 20.8. The van der Waals surface area contributed by atoms with Crippen molar-refractivity contribution in [2.24, 2.45) is 0 Å². The standard InChI is InChI=1S/C21H19ClF2N4O2/c22-16-2-1-13(9-17(16)23)12-28-6-3-14(10-19(28)29)20-18(24)11-25-21(27-20)26-15-4-7-30-8-5-15/h1-3,6,9-11,15H,4-5,7-8,12H2,(H,25,26,27). The van der Waals surface area contributed by atoms with E-state index >= 15 is 0 Å². The number of nitrogens with one attached hydrogen (secondary N) is 1. The van der Waals surface area contributed by atoms with E-state index < -0.39 is 11.6 Å². The molecule has 1 N–H and O–H groups in total. The van der Waals surface area contributed by atoms with Gasteiger partial charge in [0.2, 0.25) is 5.95 Å². The van der Waals surface area contributed by atoms with Crippen LogP contribution in [-0.2, 0) is 11.3 Å². The van der Waals surface area contributed by atoms with Crippen LogP contribution in [0.15, 0.2) is 47.5 Å². The van der Waals surface area contributed by atoms with E-state index in [-0.39, 0.29) is 28.9 Å². The number of hydrogen-bond acceptors (Lipinski definition) is 5. The fraction of sp³-hybridized carbons (Fsp3) is 0.286. The van der Waals surface area contributed by atoms with Gasteiger partial charge in [-0.1, -0.05) is 17.7 Å². The van der Waals surface area contributed by atoms with Crippen molar-refractivity contribution in [1.29, 1.82) is 0 Å². The van der Waals surface area contributed by atoms with Crippen LogP contribution in [0.25, 0.3) is 11.3 Å². The van der Waals surface area contributed by atoms with Crippen molar-refractivity contribution in [3.63, 3.8) is 0 Å². The molecule has 0 unspecified atom stereocenters. The van der Waals surface area contributed by atoms with Crippen molar-refractivity contribution >= 4 is 17.5 Å². The molecule has 30 heavy (non-hydrogen) atoms. The van der Waals surface area contributed by atoms with Gasteiger partial charge in [0.25, 0.3) is 5.56 Å². The minimum absolute atomic E-state index is 0.0193. The zero-order valence-corrected chi connectivity index (χ0v) is 16.7. The van der Waals surface area contributed by atoms with E-state index in [0.717, 1.165) is 19.0 Å². The quantitative estimate of drug-likeness (QED) is 0.662. The SMILES string of the molecule is O=c1cc(-c2nc(NC3CCOCC3)ncc2F)ccn1Cc1ccc(Cl)c(F)c1. The van der Waals surface area contributed by atoms with Crippen LogP contribution in [0.5, 0.6) is 0 Å².